The quantitative estimate of drug-likeness (QED) is 0.749. The fourth-order valence-corrected chi connectivity index (χ4v) is 1.84. The average molecular weight is 255 g/mol. The maximum absolute atomic E-state index is 9.95. The maximum atomic E-state index is 9.95. The highest BCUT2D eigenvalue weighted by molar-refractivity contribution is 5.57. The summed E-state index contributed by atoms with van der Waals surface area (Å²) in [4.78, 5) is 16.7. The zero-order valence-corrected chi connectivity index (χ0v) is 10.6. The first-order valence-corrected chi connectivity index (χ1v) is 5.89. The first-order valence-electron chi connectivity index (χ1n) is 5.89. The molecule has 0 fully saturated rings. The van der Waals surface area contributed by atoms with Gasteiger partial charge in [0.1, 0.15) is 11.9 Å². The summed E-state index contributed by atoms with van der Waals surface area (Å²) in [6.07, 6.45) is 6.71. The number of fused-ring (bicyclic) bond motifs is 1. The molecule has 0 bridgehead atoms. The van der Waals surface area contributed by atoms with Crippen LogP contribution >= 0.6 is 0 Å². The zero-order chi connectivity index (χ0) is 13.5. The van der Waals surface area contributed by atoms with Gasteiger partial charge in [-0.1, -0.05) is 0 Å². The number of hydrogen-bond donors (Lipinski definition) is 1. The van der Waals surface area contributed by atoms with Crippen molar-refractivity contribution in [2.75, 3.05) is 0 Å². The Morgan fingerprint density at radius 1 is 1.21 bits per heavy atom. The fraction of sp³-hybridized carbons (Fsp3) is 0.231. The molecule has 96 valence electrons. The molecular formula is C13H13N5O. The van der Waals surface area contributed by atoms with Gasteiger partial charge in [-0.15, -0.1) is 0 Å². The van der Waals surface area contributed by atoms with Gasteiger partial charge in [0.05, 0.1) is 23.3 Å². The van der Waals surface area contributed by atoms with Gasteiger partial charge in [0, 0.05) is 12.4 Å². The molecule has 0 aliphatic carbocycles. The summed E-state index contributed by atoms with van der Waals surface area (Å²) in [5, 5.41) is 9.95. The van der Waals surface area contributed by atoms with Crippen molar-refractivity contribution in [1.29, 1.82) is 0 Å². The van der Waals surface area contributed by atoms with E-state index in [9.17, 15) is 5.11 Å². The van der Waals surface area contributed by atoms with Crippen LogP contribution in [0.25, 0.3) is 17.2 Å². The average Bonchev–Trinajstić information content (AvgIpc) is 2.81. The second-order valence-corrected chi connectivity index (χ2v) is 4.78. The van der Waals surface area contributed by atoms with Crippen molar-refractivity contribution in [2.24, 2.45) is 0 Å². The largest absolute Gasteiger partial charge is 0.384 e. The Morgan fingerprint density at radius 2 is 2.05 bits per heavy atom. The highest BCUT2D eigenvalue weighted by atomic mass is 16.3. The van der Waals surface area contributed by atoms with Crippen molar-refractivity contribution in [1.82, 2.24) is 24.3 Å². The van der Waals surface area contributed by atoms with Crippen LogP contribution in [-0.2, 0) is 5.60 Å². The van der Waals surface area contributed by atoms with Crippen molar-refractivity contribution >= 4 is 5.78 Å². The predicted molar refractivity (Wildman–Crippen MR) is 69.3 cm³/mol. The first kappa shape index (κ1) is 11.7. The van der Waals surface area contributed by atoms with E-state index in [4.69, 9.17) is 0 Å². The smallest absolute Gasteiger partial charge is 0.234 e. The molecule has 0 radical (unpaired) electrons. The van der Waals surface area contributed by atoms with E-state index in [0.29, 0.717) is 11.5 Å². The van der Waals surface area contributed by atoms with E-state index in [2.05, 4.69) is 19.9 Å². The van der Waals surface area contributed by atoms with Gasteiger partial charge in [0.2, 0.25) is 5.78 Å². The lowest BCUT2D eigenvalue weighted by molar-refractivity contribution is 0.0739. The molecule has 3 rings (SSSR count). The normalized spacial score (nSPS) is 11.9. The van der Waals surface area contributed by atoms with Gasteiger partial charge in [-0.2, -0.15) is 0 Å². The van der Waals surface area contributed by atoms with Gasteiger partial charge in [-0.25, -0.2) is 19.9 Å². The van der Waals surface area contributed by atoms with E-state index in [0.717, 1.165) is 11.4 Å². The molecule has 19 heavy (non-hydrogen) atoms. The summed E-state index contributed by atoms with van der Waals surface area (Å²) in [6, 6.07) is 3.59. The third kappa shape index (κ3) is 2.06. The van der Waals surface area contributed by atoms with Crippen molar-refractivity contribution in [3.8, 4) is 11.4 Å². The topological polar surface area (TPSA) is 76.2 Å². The summed E-state index contributed by atoms with van der Waals surface area (Å²) in [6.45, 7) is 3.39. The molecule has 0 unspecified atom stereocenters. The minimum atomic E-state index is -0.983. The minimum Gasteiger partial charge on any atom is -0.384 e. The van der Waals surface area contributed by atoms with E-state index in [1.54, 1.807) is 32.3 Å². The molecule has 0 aromatic carbocycles. The number of hydrogen-bond acceptors (Lipinski definition) is 5. The van der Waals surface area contributed by atoms with Gasteiger partial charge in [0.25, 0.3) is 0 Å². The van der Waals surface area contributed by atoms with Crippen LogP contribution in [0.1, 0.15) is 19.5 Å². The maximum Gasteiger partial charge on any atom is 0.234 e. The minimum absolute atomic E-state index is 0.535. The standard InChI is InChI=1S/C13H13N5O/c1-13(2,19)11-4-6-18-10(7-15-12(18)17-11)9-3-5-14-8-16-9/h3-8,19H,1-2H3. The van der Waals surface area contributed by atoms with Crippen molar-refractivity contribution in [2.45, 2.75) is 19.4 Å². The van der Waals surface area contributed by atoms with Crippen LogP contribution in [0.5, 0.6) is 0 Å². The predicted octanol–water partition coefficient (Wildman–Crippen LogP) is 1.41. The molecule has 3 heterocycles. The number of rotatable bonds is 2. The lowest BCUT2D eigenvalue weighted by Gasteiger charge is -2.16. The zero-order valence-electron chi connectivity index (χ0n) is 10.6. The third-order valence-electron chi connectivity index (χ3n) is 2.85. The third-order valence-corrected chi connectivity index (χ3v) is 2.85. The second-order valence-electron chi connectivity index (χ2n) is 4.78. The Kier molecular flexibility index (Phi) is 2.53. The molecule has 6 heteroatoms. The summed E-state index contributed by atoms with van der Waals surface area (Å²) < 4.78 is 1.83. The molecule has 3 aromatic heterocycles. The Bertz CT molecular complexity index is 715. The molecule has 6 nitrogen and oxygen atoms in total. The van der Waals surface area contributed by atoms with Crippen LogP contribution < -0.4 is 0 Å². The fourth-order valence-electron chi connectivity index (χ4n) is 1.84. The van der Waals surface area contributed by atoms with Gasteiger partial charge < -0.3 is 5.11 Å². The highest BCUT2D eigenvalue weighted by Gasteiger charge is 2.19. The molecule has 0 saturated heterocycles. The SMILES string of the molecule is CC(C)(O)c1ccn2c(-c3ccncn3)cnc2n1. The van der Waals surface area contributed by atoms with E-state index in [1.807, 2.05) is 16.7 Å². The van der Waals surface area contributed by atoms with Gasteiger partial charge >= 0.3 is 0 Å². The number of aromatic nitrogens is 5. The molecule has 0 saturated carbocycles. The summed E-state index contributed by atoms with van der Waals surface area (Å²) in [5.74, 6) is 0.535. The summed E-state index contributed by atoms with van der Waals surface area (Å²) in [5.41, 5.74) is 1.22. The molecule has 1 N–H and O–H groups in total. The van der Waals surface area contributed by atoms with Crippen molar-refractivity contribution in [3.63, 3.8) is 0 Å². The lowest BCUT2D eigenvalue weighted by atomic mass is 10.1. The number of aliphatic hydroxyl groups is 1. The van der Waals surface area contributed by atoms with Gasteiger partial charge in [0.15, 0.2) is 0 Å². The summed E-state index contributed by atoms with van der Waals surface area (Å²) in [7, 11) is 0. The summed E-state index contributed by atoms with van der Waals surface area (Å²) >= 11 is 0. The van der Waals surface area contributed by atoms with E-state index in [1.165, 1.54) is 6.33 Å². The van der Waals surface area contributed by atoms with Gasteiger partial charge in [-0.05, 0) is 26.0 Å². The molecule has 0 atom stereocenters. The van der Waals surface area contributed by atoms with Gasteiger partial charge in [-0.3, -0.25) is 4.40 Å². The molecule has 0 spiro atoms. The van der Waals surface area contributed by atoms with Crippen LogP contribution in [-0.4, -0.2) is 29.4 Å². The van der Waals surface area contributed by atoms with Crippen molar-refractivity contribution < 1.29 is 5.11 Å². The molecule has 0 amide bonds. The van der Waals surface area contributed by atoms with E-state index in [-0.39, 0.29) is 0 Å². The van der Waals surface area contributed by atoms with E-state index < -0.39 is 5.60 Å². The number of nitrogens with zero attached hydrogens (tertiary/aromatic N) is 5. The van der Waals surface area contributed by atoms with Crippen LogP contribution in [0.15, 0.2) is 37.1 Å². The van der Waals surface area contributed by atoms with E-state index >= 15 is 0 Å². The second kappa shape index (κ2) is 4.10. The lowest BCUT2D eigenvalue weighted by Crippen LogP contribution is -2.18. The van der Waals surface area contributed by atoms with Crippen LogP contribution in [0, 0.1) is 0 Å². The van der Waals surface area contributed by atoms with Crippen LogP contribution in [0.3, 0.4) is 0 Å². The highest BCUT2D eigenvalue weighted by Crippen LogP contribution is 2.21. The Morgan fingerprint density at radius 3 is 2.74 bits per heavy atom. The molecule has 0 aliphatic heterocycles. The Balaban J connectivity index is 2.16. The van der Waals surface area contributed by atoms with Crippen LogP contribution in [0.4, 0.5) is 0 Å². The first-order chi connectivity index (χ1) is 9.05. The molecular weight excluding hydrogens is 242 g/mol. The van der Waals surface area contributed by atoms with Crippen LogP contribution in [0.2, 0.25) is 0 Å². The van der Waals surface area contributed by atoms with Crippen molar-refractivity contribution in [3.05, 3.63) is 42.7 Å². The molecule has 3 aromatic rings. The number of imidazole rings is 1. The Hall–Kier alpha value is -2.34. The Labute approximate surface area is 109 Å². The molecule has 0 aliphatic rings. The monoisotopic (exact) mass is 255 g/mol.